The highest BCUT2D eigenvalue weighted by atomic mass is 32.1. The lowest BCUT2D eigenvalue weighted by atomic mass is 9.96. The first-order valence-corrected chi connectivity index (χ1v) is 14.4. The highest BCUT2D eigenvalue weighted by Gasteiger charge is 2.33. The van der Waals surface area contributed by atoms with Gasteiger partial charge < -0.3 is 14.2 Å². The molecule has 212 valence electrons. The Bertz CT molecular complexity index is 1850. The SMILES string of the molecule is CCOC(=O)C1=C(C)N=c2s/c(=C\c3ccc(OCc4ccc(C#N)cc4)cc3)c(=O)n2[C@@H]1c1ccc(OCC)cc1. The van der Waals surface area contributed by atoms with Crippen molar-refractivity contribution in [2.45, 2.75) is 33.4 Å². The second-order valence-corrected chi connectivity index (χ2v) is 10.5. The Morgan fingerprint density at radius 1 is 0.976 bits per heavy atom. The summed E-state index contributed by atoms with van der Waals surface area (Å²) in [6.07, 6.45) is 1.81. The van der Waals surface area contributed by atoms with E-state index < -0.39 is 12.0 Å². The van der Waals surface area contributed by atoms with Crippen LogP contribution in [0.1, 0.15) is 49.1 Å². The Morgan fingerprint density at radius 3 is 2.29 bits per heavy atom. The zero-order chi connectivity index (χ0) is 29.6. The summed E-state index contributed by atoms with van der Waals surface area (Å²) in [4.78, 5) is 32.0. The molecular formula is C33H29N3O5S. The first-order chi connectivity index (χ1) is 20.4. The summed E-state index contributed by atoms with van der Waals surface area (Å²) in [6.45, 7) is 6.54. The predicted octanol–water partition coefficient (Wildman–Crippen LogP) is 4.65. The van der Waals surface area contributed by atoms with E-state index in [1.54, 1.807) is 30.5 Å². The molecule has 0 fully saturated rings. The van der Waals surface area contributed by atoms with Crippen LogP contribution in [0.4, 0.5) is 0 Å². The van der Waals surface area contributed by atoms with Gasteiger partial charge >= 0.3 is 5.97 Å². The van der Waals surface area contributed by atoms with Crippen LogP contribution >= 0.6 is 11.3 Å². The van der Waals surface area contributed by atoms with Gasteiger partial charge in [-0.3, -0.25) is 9.36 Å². The molecular weight excluding hydrogens is 550 g/mol. The molecule has 5 rings (SSSR count). The van der Waals surface area contributed by atoms with Crippen LogP contribution in [0.3, 0.4) is 0 Å². The highest BCUT2D eigenvalue weighted by molar-refractivity contribution is 7.07. The van der Waals surface area contributed by atoms with Crippen molar-refractivity contribution < 1.29 is 19.0 Å². The fourth-order valence-electron chi connectivity index (χ4n) is 4.67. The van der Waals surface area contributed by atoms with Crippen LogP contribution in [-0.2, 0) is 16.1 Å². The Kier molecular flexibility index (Phi) is 8.65. The number of nitriles is 1. The molecule has 1 atom stereocenters. The maximum Gasteiger partial charge on any atom is 0.338 e. The maximum absolute atomic E-state index is 13.8. The maximum atomic E-state index is 13.8. The van der Waals surface area contributed by atoms with Gasteiger partial charge in [-0.2, -0.15) is 5.26 Å². The zero-order valence-electron chi connectivity index (χ0n) is 23.5. The molecule has 0 unspecified atom stereocenters. The molecule has 0 bridgehead atoms. The van der Waals surface area contributed by atoms with E-state index in [0.717, 1.165) is 16.7 Å². The Labute approximate surface area is 247 Å². The van der Waals surface area contributed by atoms with Gasteiger partial charge in [-0.05, 0) is 79.9 Å². The topological polar surface area (TPSA) is 103 Å². The normalized spacial score (nSPS) is 14.5. The Balaban J connectivity index is 1.46. The number of ether oxygens (including phenoxy) is 3. The van der Waals surface area contributed by atoms with Crippen LogP contribution in [0.15, 0.2) is 93.9 Å². The van der Waals surface area contributed by atoms with Crippen molar-refractivity contribution in [1.82, 2.24) is 4.57 Å². The van der Waals surface area contributed by atoms with Crippen molar-refractivity contribution in [3.05, 3.63) is 126 Å². The molecule has 0 saturated heterocycles. The molecule has 1 aliphatic heterocycles. The average molecular weight is 580 g/mol. The summed E-state index contributed by atoms with van der Waals surface area (Å²) in [5.41, 5.74) is 3.75. The summed E-state index contributed by atoms with van der Waals surface area (Å²) >= 11 is 1.28. The number of fused-ring (bicyclic) bond motifs is 1. The number of nitrogens with zero attached hydrogens (tertiary/aromatic N) is 3. The minimum Gasteiger partial charge on any atom is -0.494 e. The van der Waals surface area contributed by atoms with E-state index in [1.807, 2.05) is 73.7 Å². The number of aromatic nitrogens is 1. The standard InChI is InChI=1S/C33H29N3O5S/c1-4-39-26-16-12-25(13-17-26)30-29(32(38)40-5-2)21(3)35-33-36(30)31(37)28(42-33)18-22-10-14-27(15-11-22)41-20-24-8-6-23(19-34)7-9-24/h6-18,30H,4-5,20H2,1-3H3/b28-18-/t30-/m1/s1. The zero-order valence-corrected chi connectivity index (χ0v) is 24.3. The third-order valence-electron chi connectivity index (χ3n) is 6.69. The minimum atomic E-state index is -0.684. The number of rotatable bonds is 9. The molecule has 0 spiro atoms. The largest absolute Gasteiger partial charge is 0.494 e. The van der Waals surface area contributed by atoms with E-state index in [0.29, 0.717) is 50.9 Å². The monoisotopic (exact) mass is 579 g/mol. The van der Waals surface area contributed by atoms with Crippen molar-refractivity contribution in [2.75, 3.05) is 13.2 Å². The number of benzene rings is 3. The van der Waals surface area contributed by atoms with E-state index in [9.17, 15) is 9.59 Å². The lowest BCUT2D eigenvalue weighted by Crippen LogP contribution is -2.39. The molecule has 0 N–H and O–H groups in total. The van der Waals surface area contributed by atoms with Crippen LogP contribution in [-0.4, -0.2) is 23.8 Å². The fourth-order valence-corrected chi connectivity index (χ4v) is 5.72. The fraction of sp³-hybridized carbons (Fsp3) is 0.212. The number of hydrogen-bond acceptors (Lipinski definition) is 8. The summed E-state index contributed by atoms with van der Waals surface area (Å²) < 4.78 is 18.9. The molecule has 0 aliphatic carbocycles. The molecule has 2 heterocycles. The summed E-state index contributed by atoms with van der Waals surface area (Å²) in [5.74, 6) is 0.892. The molecule has 1 aliphatic rings. The number of esters is 1. The molecule has 0 radical (unpaired) electrons. The first-order valence-electron chi connectivity index (χ1n) is 13.6. The van der Waals surface area contributed by atoms with Gasteiger partial charge in [-0.25, -0.2) is 9.79 Å². The Morgan fingerprint density at radius 2 is 1.64 bits per heavy atom. The molecule has 0 amide bonds. The van der Waals surface area contributed by atoms with Crippen molar-refractivity contribution in [3.63, 3.8) is 0 Å². The number of carbonyl (C=O) groups is 1. The first kappa shape index (κ1) is 28.6. The summed E-state index contributed by atoms with van der Waals surface area (Å²) in [5, 5.41) is 8.95. The number of allylic oxidation sites excluding steroid dienone is 1. The second kappa shape index (κ2) is 12.7. The summed E-state index contributed by atoms with van der Waals surface area (Å²) in [7, 11) is 0. The van der Waals surface area contributed by atoms with E-state index in [4.69, 9.17) is 19.5 Å². The van der Waals surface area contributed by atoms with Crippen LogP contribution in [0, 0.1) is 11.3 Å². The second-order valence-electron chi connectivity index (χ2n) is 9.47. The third kappa shape index (κ3) is 6.04. The summed E-state index contributed by atoms with van der Waals surface area (Å²) in [6, 6.07) is 23.5. The van der Waals surface area contributed by atoms with Gasteiger partial charge in [-0.15, -0.1) is 0 Å². The number of hydrogen-bond donors (Lipinski definition) is 0. The minimum absolute atomic E-state index is 0.212. The lowest BCUT2D eigenvalue weighted by Gasteiger charge is -2.24. The smallest absolute Gasteiger partial charge is 0.338 e. The van der Waals surface area contributed by atoms with Gasteiger partial charge in [0.2, 0.25) is 0 Å². The van der Waals surface area contributed by atoms with Gasteiger partial charge in [-0.1, -0.05) is 47.7 Å². The van der Waals surface area contributed by atoms with E-state index in [1.165, 1.54) is 11.3 Å². The average Bonchev–Trinajstić information content (AvgIpc) is 3.30. The van der Waals surface area contributed by atoms with E-state index >= 15 is 0 Å². The van der Waals surface area contributed by atoms with Gasteiger partial charge in [0.05, 0.1) is 46.7 Å². The molecule has 8 nitrogen and oxygen atoms in total. The molecule has 4 aromatic rings. The predicted molar refractivity (Wildman–Crippen MR) is 160 cm³/mol. The van der Waals surface area contributed by atoms with Crippen molar-refractivity contribution in [1.29, 1.82) is 5.26 Å². The van der Waals surface area contributed by atoms with Gasteiger partial charge in [0.25, 0.3) is 5.56 Å². The van der Waals surface area contributed by atoms with Gasteiger partial charge in [0.1, 0.15) is 18.1 Å². The van der Waals surface area contributed by atoms with Crippen LogP contribution < -0.4 is 24.4 Å². The van der Waals surface area contributed by atoms with Crippen LogP contribution in [0.5, 0.6) is 11.5 Å². The Hall–Kier alpha value is -4.94. The van der Waals surface area contributed by atoms with E-state index in [2.05, 4.69) is 11.1 Å². The van der Waals surface area contributed by atoms with Crippen molar-refractivity contribution in [2.24, 2.45) is 4.99 Å². The molecule has 3 aromatic carbocycles. The van der Waals surface area contributed by atoms with E-state index in [-0.39, 0.29) is 12.2 Å². The molecule has 1 aromatic heterocycles. The number of thiazole rings is 1. The quantitative estimate of drug-likeness (QED) is 0.268. The van der Waals surface area contributed by atoms with Gasteiger partial charge in [0, 0.05) is 0 Å². The van der Waals surface area contributed by atoms with Crippen LogP contribution in [0.25, 0.3) is 6.08 Å². The van der Waals surface area contributed by atoms with Gasteiger partial charge in [0.15, 0.2) is 4.80 Å². The molecule has 9 heteroatoms. The van der Waals surface area contributed by atoms with Crippen molar-refractivity contribution in [3.8, 4) is 17.6 Å². The number of carbonyl (C=O) groups excluding carboxylic acids is 1. The highest BCUT2D eigenvalue weighted by Crippen LogP contribution is 2.31. The van der Waals surface area contributed by atoms with Crippen LogP contribution in [0.2, 0.25) is 0 Å². The molecule has 0 saturated carbocycles. The third-order valence-corrected chi connectivity index (χ3v) is 7.67. The lowest BCUT2D eigenvalue weighted by molar-refractivity contribution is -0.139. The van der Waals surface area contributed by atoms with Crippen molar-refractivity contribution >= 4 is 23.4 Å². The molecule has 42 heavy (non-hydrogen) atoms.